The van der Waals surface area contributed by atoms with E-state index in [1.807, 2.05) is 6.26 Å². The van der Waals surface area contributed by atoms with Crippen molar-refractivity contribution in [2.45, 2.75) is 16.3 Å². The van der Waals surface area contributed by atoms with Crippen molar-refractivity contribution in [3.63, 3.8) is 0 Å². The molecular weight excluding hydrogens is 309 g/mol. The zero-order valence-electron chi connectivity index (χ0n) is 11.8. The van der Waals surface area contributed by atoms with Gasteiger partial charge in [-0.3, -0.25) is 0 Å². The van der Waals surface area contributed by atoms with Crippen LogP contribution < -0.4 is 0 Å². The second-order valence-corrected chi connectivity index (χ2v) is 7.49. The van der Waals surface area contributed by atoms with Gasteiger partial charge < -0.3 is 0 Å². The van der Waals surface area contributed by atoms with E-state index in [1.54, 1.807) is 48.2 Å². The first-order valence-corrected chi connectivity index (χ1v) is 8.95. The molecule has 0 bridgehead atoms. The number of hydrogen-bond donors (Lipinski definition) is 0. The molecule has 2 rings (SSSR count). The van der Waals surface area contributed by atoms with E-state index in [-0.39, 0.29) is 17.3 Å². The summed E-state index contributed by atoms with van der Waals surface area (Å²) in [5.41, 5.74) is 0.739. The third-order valence-electron chi connectivity index (χ3n) is 3.09. The standard InChI is InChI=1S/C15H16FNO2S2/c1-17(11-12-3-5-13(16)6-4-12)21(18,19)15-9-7-14(20-2)8-10-15/h3-10H,11H2,1-2H3. The Labute approximate surface area is 128 Å². The predicted molar refractivity (Wildman–Crippen MR) is 83.3 cm³/mol. The first-order valence-electron chi connectivity index (χ1n) is 6.28. The Bertz CT molecular complexity index is 697. The van der Waals surface area contributed by atoms with Crippen molar-refractivity contribution in [2.24, 2.45) is 0 Å². The molecule has 0 radical (unpaired) electrons. The molecule has 0 aliphatic rings. The number of thioether (sulfide) groups is 1. The monoisotopic (exact) mass is 325 g/mol. The molecule has 0 aliphatic heterocycles. The van der Waals surface area contributed by atoms with Crippen molar-refractivity contribution in [3.05, 3.63) is 59.9 Å². The third kappa shape index (κ3) is 3.84. The molecule has 0 unspecified atom stereocenters. The van der Waals surface area contributed by atoms with Gasteiger partial charge in [-0.1, -0.05) is 12.1 Å². The predicted octanol–water partition coefficient (Wildman–Crippen LogP) is 3.37. The number of nitrogens with zero attached hydrogens (tertiary/aromatic N) is 1. The molecule has 0 aliphatic carbocycles. The zero-order chi connectivity index (χ0) is 15.5. The lowest BCUT2D eigenvalue weighted by molar-refractivity contribution is 0.466. The van der Waals surface area contributed by atoms with Crippen LogP contribution in [0.25, 0.3) is 0 Å². The Hall–Kier alpha value is -1.37. The highest BCUT2D eigenvalue weighted by Crippen LogP contribution is 2.21. The Kier molecular flexibility index (Phi) is 5.03. The Morgan fingerprint density at radius 3 is 2.14 bits per heavy atom. The molecule has 0 spiro atoms. The molecule has 21 heavy (non-hydrogen) atoms. The molecule has 0 aromatic heterocycles. The average Bonchev–Trinajstić information content (AvgIpc) is 2.49. The Morgan fingerprint density at radius 2 is 1.62 bits per heavy atom. The number of halogens is 1. The van der Waals surface area contributed by atoms with Crippen molar-refractivity contribution in [3.8, 4) is 0 Å². The molecule has 0 fully saturated rings. The number of rotatable bonds is 5. The third-order valence-corrected chi connectivity index (χ3v) is 5.65. The van der Waals surface area contributed by atoms with Gasteiger partial charge in [0.2, 0.25) is 10.0 Å². The van der Waals surface area contributed by atoms with E-state index in [9.17, 15) is 12.8 Å². The van der Waals surface area contributed by atoms with Crippen LogP contribution in [0.1, 0.15) is 5.56 Å². The molecule has 0 heterocycles. The minimum absolute atomic E-state index is 0.201. The van der Waals surface area contributed by atoms with Crippen LogP contribution in [0.4, 0.5) is 4.39 Å². The molecule has 0 saturated carbocycles. The van der Waals surface area contributed by atoms with Crippen LogP contribution >= 0.6 is 11.8 Å². The van der Waals surface area contributed by atoms with Crippen LogP contribution in [0.2, 0.25) is 0 Å². The number of benzene rings is 2. The minimum atomic E-state index is -3.54. The lowest BCUT2D eigenvalue weighted by Gasteiger charge is -2.17. The van der Waals surface area contributed by atoms with Gasteiger partial charge in [0.15, 0.2) is 0 Å². The lowest BCUT2D eigenvalue weighted by Crippen LogP contribution is -2.26. The number of hydrogen-bond acceptors (Lipinski definition) is 3. The summed E-state index contributed by atoms with van der Waals surface area (Å²) >= 11 is 1.56. The van der Waals surface area contributed by atoms with Crippen LogP contribution in [-0.4, -0.2) is 26.0 Å². The van der Waals surface area contributed by atoms with Crippen molar-refractivity contribution in [1.82, 2.24) is 4.31 Å². The maximum absolute atomic E-state index is 12.9. The largest absolute Gasteiger partial charge is 0.243 e. The fourth-order valence-electron chi connectivity index (χ4n) is 1.86. The molecule has 2 aromatic rings. The molecule has 2 aromatic carbocycles. The molecule has 0 atom stereocenters. The van der Waals surface area contributed by atoms with E-state index in [4.69, 9.17) is 0 Å². The Morgan fingerprint density at radius 1 is 1.05 bits per heavy atom. The summed E-state index contributed by atoms with van der Waals surface area (Å²) in [6.45, 7) is 0.201. The van der Waals surface area contributed by atoms with Crippen LogP contribution in [0.3, 0.4) is 0 Å². The smallest absolute Gasteiger partial charge is 0.207 e. The highest BCUT2D eigenvalue weighted by molar-refractivity contribution is 7.98. The van der Waals surface area contributed by atoms with Crippen molar-refractivity contribution < 1.29 is 12.8 Å². The maximum Gasteiger partial charge on any atom is 0.243 e. The SMILES string of the molecule is CSc1ccc(S(=O)(=O)N(C)Cc2ccc(F)cc2)cc1. The number of sulfonamides is 1. The normalized spacial score (nSPS) is 11.8. The second-order valence-electron chi connectivity index (χ2n) is 4.56. The lowest BCUT2D eigenvalue weighted by atomic mass is 10.2. The van der Waals surface area contributed by atoms with Gasteiger partial charge in [0.1, 0.15) is 5.82 Å². The fraction of sp³-hybridized carbons (Fsp3) is 0.200. The summed E-state index contributed by atoms with van der Waals surface area (Å²) in [5, 5.41) is 0. The van der Waals surface area contributed by atoms with Gasteiger partial charge in [-0.15, -0.1) is 11.8 Å². The van der Waals surface area contributed by atoms with Gasteiger partial charge in [-0.2, -0.15) is 4.31 Å². The molecule has 3 nitrogen and oxygen atoms in total. The van der Waals surface area contributed by atoms with Crippen molar-refractivity contribution >= 4 is 21.8 Å². The van der Waals surface area contributed by atoms with Gasteiger partial charge in [0.05, 0.1) is 4.90 Å². The van der Waals surface area contributed by atoms with E-state index in [0.29, 0.717) is 0 Å². The van der Waals surface area contributed by atoms with Crippen LogP contribution in [-0.2, 0) is 16.6 Å². The second kappa shape index (κ2) is 6.60. The zero-order valence-corrected chi connectivity index (χ0v) is 13.4. The minimum Gasteiger partial charge on any atom is -0.207 e. The highest BCUT2D eigenvalue weighted by Gasteiger charge is 2.20. The van der Waals surface area contributed by atoms with Gasteiger partial charge >= 0.3 is 0 Å². The highest BCUT2D eigenvalue weighted by atomic mass is 32.2. The molecule has 0 saturated heterocycles. The first kappa shape index (κ1) is 16.0. The van der Waals surface area contributed by atoms with E-state index in [1.165, 1.54) is 23.5 Å². The molecule has 0 amide bonds. The van der Waals surface area contributed by atoms with Crippen molar-refractivity contribution in [2.75, 3.05) is 13.3 Å². The quantitative estimate of drug-likeness (QED) is 0.791. The van der Waals surface area contributed by atoms with E-state index in [0.717, 1.165) is 10.5 Å². The summed E-state index contributed by atoms with van der Waals surface area (Å²) in [5.74, 6) is -0.336. The van der Waals surface area contributed by atoms with Crippen LogP contribution in [0.15, 0.2) is 58.3 Å². The van der Waals surface area contributed by atoms with E-state index >= 15 is 0 Å². The van der Waals surface area contributed by atoms with Gasteiger partial charge in [0.25, 0.3) is 0 Å². The Balaban J connectivity index is 2.19. The van der Waals surface area contributed by atoms with E-state index in [2.05, 4.69) is 0 Å². The molecule has 0 N–H and O–H groups in total. The van der Waals surface area contributed by atoms with Crippen LogP contribution in [0.5, 0.6) is 0 Å². The first-order chi connectivity index (χ1) is 9.93. The van der Waals surface area contributed by atoms with Crippen LogP contribution in [0, 0.1) is 5.82 Å². The van der Waals surface area contributed by atoms with Crippen molar-refractivity contribution in [1.29, 1.82) is 0 Å². The summed E-state index contributed by atoms with van der Waals surface area (Å²) in [6.07, 6.45) is 1.93. The van der Waals surface area contributed by atoms with Gasteiger partial charge in [-0.25, -0.2) is 12.8 Å². The topological polar surface area (TPSA) is 37.4 Å². The summed E-state index contributed by atoms with van der Waals surface area (Å²) < 4.78 is 39.0. The van der Waals surface area contributed by atoms with Gasteiger partial charge in [-0.05, 0) is 48.2 Å². The maximum atomic E-state index is 12.9. The summed E-state index contributed by atoms with van der Waals surface area (Å²) in [7, 11) is -2.03. The average molecular weight is 325 g/mol. The molecule has 6 heteroatoms. The fourth-order valence-corrected chi connectivity index (χ4v) is 3.43. The molecule has 112 valence electrons. The molecular formula is C15H16FNO2S2. The van der Waals surface area contributed by atoms with Gasteiger partial charge in [0, 0.05) is 18.5 Å². The summed E-state index contributed by atoms with van der Waals surface area (Å²) in [4.78, 5) is 1.26. The summed E-state index contributed by atoms with van der Waals surface area (Å²) in [6, 6.07) is 12.6. The van der Waals surface area contributed by atoms with E-state index < -0.39 is 10.0 Å².